The van der Waals surface area contributed by atoms with Crippen molar-refractivity contribution in [2.24, 2.45) is 17.4 Å². The normalized spacial score (nSPS) is 18.5. The molecular weight excluding hydrogens is 426 g/mol. The number of carbonyl (C=O) groups is 6. The fraction of sp³-hybridized carbons (Fsp3) is 0.684. The Morgan fingerprint density at radius 3 is 2.12 bits per heavy atom. The van der Waals surface area contributed by atoms with Crippen LogP contribution in [0.5, 0.6) is 0 Å². The zero-order valence-corrected chi connectivity index (χ0v) is 18.1. The van der Waals surface area contributed by atoms with Crippen LogP contribution in [-0.2, 0) is 28.8 Å². The van der Waals surface area contributed by atoms with Gasteiger partial charge < -0.3 is 37.2 Å². The fourth-order valence-electron chi connectivity index (χ4n) is 3.26. The van der Waals surface area contributed by atoms with Crippen LogP contribution in [0.4, 0.5) is 0 Å². The second-order valence-corrected chi connectivity index (χ2v) is 8.02. The number of nitrogens with zero attached hydrogens (tertiary/aromatic N) is 1. The molecule has 13 nitrogen and oxygen atoms in total. The van der Waals surface area contributed by atoms with E-state index < -0.39 is 66.2 Å². The lowest BCUT2D eigenvalue weighted by Gasteiger charge is -2.28. The van der Waals surface area contributed by atoms with Crippen molar-refractivity contribution in [1.29, 1.82) is 0 Å². The average Bonchev–Trinajstić information content (AvgIpc) is 3.18. The van der Waals surface area contributed by atoms with Crippen molar-refractivity contribution >= 4 is 35.6 Å². The van der Waals surface area contributed by atoms with Gasteiger partial charge in [0.2, 0.25) is 23.6 Å². The first-order chi connectivity index (χ1) is 14.8. The molecule has 1 heterocycles. The zero-order valence-electron chi connectivity index (χ0n) is 18.1. The quantitative estimate of drug-likeness (QED) is 0.186. The van der Waals surface area contributed by atoms with E-state index in [9.17, 15) is 39.0 Å². The first-order valence-electron chi connectivity index (χ1n) is 10.2. The SMILES string of the molecule is CC(C)C(N)C(=O)NC(CCC(N)=O)C(=O)NC(CC(=O)O)C(=O)N1CCCC1C(=O)O. The Bertz CT molecular complexity index is 756. The lowest BCUT2D eigenvalue weighted by molar-refractivity contribution is -0.150. The second-order valence-electron chi connectivity index (χ2n) is 8.02. The molecule has 4 atom stereocenters. The standard InChI is InChI=1S/C19H31N5O8/c1-9(2)15(21)17(29)22-10(5-6-13(20)25)16(28)23-11(8-14(26)27)18(30)24-7-3-4-12(24)19(31)32/h9-12,15H,3-8,21H2,1-2H3,(H2,20,25)(H,22,29)(H,23,28)(H,26,27)(H,31,32). The maximum atomic E-state index is 12.8. The summed E-state index contributed by atoms with van der Waals surface area (Å²) in [6, 6.07) is -4.94. The van der Waals surface area contributed by atoms with Crippen molar-refractivity contribution in [1.82, 2.24) is 15.5 Å². The van der Waals surface area contributed by atoms with Gasteiger partial charge in [0, 0.05) is 13.0 Å². The second kappa shape index (κ2) is 12.0. The van der Waals surface area contributed by atoms with Gasteiger partial charge in [-0.05, 0) is 25.2 Å². The molecular formula is C19H31N5O8. The topological polar surface area (TPSA) is 222 Å². The van der Waals surface area contributed by atoms with Crippen molar-refractivity contribution in [3.63, 3.8) is 0 Å². The van der Waals surface area contributed by atoms with Crippen LogP contribution in [0.1, 0.15) is 46.0 Å². The molecule has 4 amide bonds. The third-order valence-corrected chi connectivity index (χ3v) is 5.15. The van der Waals surface area contributed by atoms with Gasteiger partial charge in [-0.2, -0.15) is 0 Å². The molecule has 1 saturated heterocycles. The van der Waals surface area contributed by atoms with E-state index in [1.54, 1.807) is 13.8 Å². The maximum Gasteiger partial charge on any atom is 0.326 e. The summed E-state index contributed by atoms with van der Waals surface area (Å²) in [6.07, 6.45) is -0.636. The molecule has 0 aliphatic carbocycles. The number of hydrogen-bond donors (Lipinski definition) is 6. The number of likely N-dealkylation sites (tertiary alicyclic amines) is 1. The van der Waals surface area contributed by atoms with Gasteiger partial charge in [-0.1, -0.05) is 13.8 Å². The number of primary amides is 1. The minimum absolute atomic E-state index is 0.104. The molecule has 180 valence electrons. The summed E-state index contributed by atoms with van der Waals surface area (Å²) in [5.74, 6) is -6.05. The number of nitrogens with one attached hydrogen (secondary N) is 2. The third-order valence-electron chi connectivity index (χ3n) is 5.15. The number of hydrogen-bond acceptors (Lipinski definition) is 7. The Morgan fingerprint density at radius 1 is 1.03 bits per heavy atom. The van der Waals surface area contributed by atoms with E-state index in [2.05, 4.69) is 10.6 Å². The Kier molecular flexibility index (Phi) is 10.0. The highest BCUT2D eigenvalue weighted by Gasteiger charge is 2.39. The summed E-state index contributed by atoms with van der Waals surface area (Å²) in [4.78, 5) is 72.8. The number of carbonyl (C=O) groups excluding carboxylic acids is 4. The smallest absolute Gasteiger partial charge is 0.326 e. The number of rotatable bonds is 12. The predicted molar refractivity (Wildman–Crippen MR) is 110 cm³/mol. The van der Waals surface area contributed by atoms with Crippen LogP contribution in [0.25, 0.3) is 0 Å². The van der Waals surface area contributed by atoms with E-state index in [1.807, 2.05) is 0 Å². The Hall–Kier alpha value is -3.22. The van der Waals surface area contributed by atoms with E-state index in [-0.39, 0.29) is 31.7 Å². The van der Waals surface area contributed by atoms with Crippen LogP contribution < -0.4 is 22.1 Å². The van der Waals surface area contributed by atoms with E-state index in [1.165, 1.54) is 0 Å². The molecule has 1 aliphatic rings. The van der Waals surface area contributed by atoms with Gasteiger partial charge in [0.25, 0.3) is 0 Å². The first kappa shape index (κ1) is 26.8. The van der Waals surface area contributed by atoms with Crippen LogP contribution in [0, 0.1) is 5.92 Å². The van der Waals surface area contributed by atoms with Crippen LogP contribution in [-0.4, -0.2) is 81.4 Å². The molecule has 0 aromatic carbocycles. The molecule has 0 saturated carbocycles. The maximum absolute atomic E-state index is 12.8. The molecule has 4 unspecified atom stereocenters. The van der Waals surface area contributed by atoms with Gasteiger partial charge in [-0.15, -0.1) is 0 Å². The summed E-state index contributed by atoms with van der Waals surface area (Å²) in [5, 5.41) is 23.1. The number of carboxylic acid groups (broad SMARTS) is 2. The lowest BCUT2D eigenvalue weighted by Crippen LogP contribution is -2.58. The molecule has 13 heteroatoms. The molecule has 0 radical (unpaired) electrons. The van der Waals surface area contributed by atoms with E-state index in [0.29, 0.717) is 6.42 Å². The Morgan fingerprint density at radius 2 is 1.62 bits per heavy atom. The summed E-state index contributed by atoms with van der Waals surface area (Å²) in [6.45, 7) is 3.49. The summed E-state index contributed by atoms with van der Waals surface area (Å²) < 4.78 is 0. The third kappa shape index (κ3) is 7.80. The van der Waals surface area contributed by atoms with Crippen LogP contribution in [0.3, 0.4) is 0 Å². The summed E-state index contributed by atoms with van der Waals surface area (Å²) in [5.41, 5.74) is 10.9. The van der Waals surface area contributed by atoms with Crippen molar-refractivity contribution in [3.05, 3.63) is 0 Å². The molecule has 0 aromatic heterocycles. The average molecular weight is 457 g/mol. The van der Waals surface area contributed by atoms with E-state index in [4.69, 9.17) is 11.5 Å². The Labute approximate surface area is 184 Å². The highest BCUT2D eigenvalue weighted by atomic mass is 16.4. The van der Waals surface area contributed by atoms with Crippen LogP contribution >= 0.6 is 0 Å². The monoisotopic (exact) mass is 457 g/mol. The van der Waals surface area contributed by atoms with Gasteiger partial charge in [0.05, 0.1) is 12.5 Å². The van der Waals surface area contributed by atoms with E-state index in [0.717, 1.165) is 4.90 Å². The molecule has 0 spiro atoms. The van der Waals surface area contributed by atoms with E-state index >= 15 is 0 Å². The molecule has 0 aromatic rings. The molecule has 8 N–H and O–H groups in total. The fourth-order valence-corrected chi connectivity index (χ4v) is 3.26. The van der Waals surface area contributed by atoms with Crippen molar-refractivity contribution in [2.45, 2.75) is 70.1 Å². The minimum atomic E-state index is -1.56. The number of nitrogens with two attached hydrogens (primary N) is 2. The van der Waals surface area contributed by atoms with Gasteiger partial charge in [-0.25, -0.2) is 4.79 Å². The van der Waals surface area contributed by atoms with Gasteiger partial charge >= 0.3 is 11.9 Å². The molecule has 1 fully saturated rings. The molecule has 32 heavy (non-hydrogen) atoms. The van der Waals surface area contributed by atoms with Crippen molar-refractivity contribution < 1.29 is 39.0 Å². The highest BCUT2D eigenvalue weighted by molar-refractivity contribution is 5.96. The van der Waals surface area contributed by atoms with Crippen molar-refractivity contribution in [3.8, 4) is 0 Å². The molecule has 0 bridgehead atoms. The number of amides is 4. The Balaban J connectivity index is 3.04. The molecule has 1 aliphatic heterocycles. The van der Waals surface area contributed by atoms with Gasteiger partial charge in [-0.3, -0.25) is 24.0 Å². The van der Waals surface area contributed by atoms with Crippen LogP contribution in [0.2, 0.25) is 0 Å². The van der Waals surface area contributed by atoms with Gasteiger partial charge in [0.15, 0.2) is 0 Å². The largest absolute Gasteiger partial charge is 0.481 e. The summed E-state index contributed by atoms with van der Waals surface area (Å²) >= 11 is 0. The number of aliphatic carboxylic acids is 2. The molecule has 1 rings (SSSR count). The summed E-state index contributed by atoms with van der Waals surface area (Å²) in [7, 11) is 0. The van der Waals surface area contributed by atoms with Crippen LogP contribution in [0.15, 0.2) is 0 Å². The number of carboxylic acids is 2. The first-order valence-corrected chi connectivity index (χ1v) is 10.2. The predicted octanol–water partition coefficient (Wildman–Crippen LogP) is -2.24. The van der Waals surface area contributed by atoms with Gasteiger partial charge in [0.1, 0.15) is 18.1 Å². The van der Waals surface area contributed by atoms with Crippen molar-refractivity contribution in [2.75, 3.05) is 6.54 Å². The zero-order chi connectivity index (χ0) is 24.6. The minimum Gasteiger partial charge on any atom is -0.481 e. The highest BCUT2D eigenvalue weighted by Crippen LogP contribution is 2.19. The lowest BCUT2D eigenvalue weighted by atomic mass is 10.0.